The van der Waals surface area contributed by atoms with Gasteiger partial charge in [-0.2, -0.15) is 5.10 Å². The molecular formula is C18H30N4O. The van der Waals surface area contributed by atoms with Gasteiger partial charge in [-0.1, -0.05) is 6.92 Å². The number of hydrogen-bond donors (Lipinski definition) is 1. The molecule has 1 aromatic rings. The van der Waals surface area contributed by atoms with Crippen molar-refractivity contribution in [1.29, 1.82) is 0 Å². The van der Waals surface area contributed by atoms with Gasteiger partial charge in [0.2, 0.25) is 5.91 Å². The van der Waals surface area contributed by atoms with Gasteiger partial charge < -0.3 is 10.2 Å². The molecule has 0 radical (unpaired) electrons. The molecule has 0 aromatic carbocycles. The van der Waals surface area contributed by atoms with Crippen LogP contribution in [0.5, 0.6) is 0 Å². The summed E-state index contributed by atoms with van der Waals surface area (Å²) in [6.07, 6.45) is 7.09. The smallest absolute Gasteiger partial charge is 0.244 e. The molecule has 2 heterocycles. The van der Waals surface area contributed by atoms with E-state index in [0.29, 0.717) is 0 Å². The van der Waals surface area contributed by atoms with E-state index in [-0.39, 0.29) is 5.91 Å². The van der Waals surface area contributed by atoms with Crippen LogP contribution in [0.15, 0.2) is 6.08 Å². The minimum atomic E-state index is -0.0279. The second-order valence-corrected chi connectivity index (χ2v) is 6.71. The number of carbonyl (C=O) groups is 1. The first-order chi connectivity index (χ1) is 11.0. The summed E-state index contributed by atoms with van der Waals surface area (Å²) in [5.74, 6) is 0.843. The largest absolute Gasteiger partial charge is 0.353 e. The van der Waals surface area contributed by atoms with E-state index < -0.39 is 0 Å². The van der Waals surface area contributed by atoms with Gasteiger partial charge in [0, 0.05) is 30.9 Å². The highest BCUT2D eigenvalue weighted by atomic mass is 16.1. The number of likely N-dealkylation sites (tertiary alicyclic amines) is 1. The van der Waals surface area contributed by atoms with E-state index in [4.69, 9.17) is 0 Å². The van der Waals surface area contributed by atoms with Crippen LogP contribution in [0.4, 0.5) is 0 Å². The summed E-state index contributed by atoms with van der Waals surface area (Å²) in [6, 6.07) is 0. The lowest BCUT2D eigenvalue weighted by molar-refractivity contribution is -0.116. The first-order valence-corrected chi connectivity index (χ1v) is 8.66. The molecular weight excluding hydrogens is 288 g/mol. The summed E-state index contributed by atoms with van der Waals surface area (Å²) in [5, 5.41) is 7.32. The molecule has 1 fully saturated rings. The number of rotatable bonds is 6. The normalized spacial score (nSPS) is 17.0. The predicted octanol–water partition coefficient (Wildman–Crippen LogP) is 2.29. The molecule has 0 spiro atoms. The third kappa shape index (κ3) is 5.20. The zero-order chi connectivity index (χ0) is 16.8. The van der Waals surface area contributed by atoms with Crippen molar-refractivity contribution in [2.75, 3.05) is 26.2 Å². The Balaban J connectivity index is 1.68. The summed E-state index contributed by atoms with van der Waals surface area (Å²) in [4.78, 5) is 14.4. The highest BCUT2D eigenvalue weighted by molar-refractivity contribution is 5.91. The quantitative estimate of drug-likeness (QED) is 0.647. The number of aryl methyl sites for hydroxylation is 2. The van der Waals surface area contributed by atoms with Crippen molar-refractivity contribution in [2.45, 2.75) is 40.0 Å². The van der Waals surface area contributed by atoms with Crippen molar-refractivity contribution in [3.63, 3.8) is 0 Å². The maximum atomic E-state index is 11.9. The minimum Gasteiger partial charge on any atom is -0.353 e. The van der Waals surface area contributed by atoms with Crippen LogP contribution in [-0.4, -0.2) is 46.8 Å². The molecule has 1 aromatic heterocycles. The predicted molar refractivity (Wildman–Crippen MR) is 94.2 cm³/mol. The topological polar surface area (TPSA) is 50.2 Å². The molecule has 1 aliphatic rings. The lowest BCUT2D eigenvalue weighted by Crippen LogP contribution is -2.35. The van der Waals surface area contributed by atoms with Gasteiger partial charge in [0.05, 0.1) is 5.69 Å². The molecule has 0 saturated carbocycles. The molecule has 2 rings (SSSR count). The van der Waals surface area contributed by atoms with Crippen LogP contribution < -0.4 is 5.32 Å². The summed E-state index contributed by atoms with van der Waals surface area (Å²) in [7, 11) is 1.92. The summed E-state index contributed by atoms with van der Waals surface area (Å²) in [6.45, 7) is 10.5. The Bertz CT molecular complexity index is 554. The Morgan fingerprint density at radius 3 is 2.65 bits per heavy atom. The molecule has 0 aliphatic carbocycles. The number of carbonyl (C=O) groups excluding carboxylic acids is 1. The monoisotopic (exact) mass is 318 g/mol. The van der Waals surface area contributed by atoms with Gasteiger partial charge in [0.1, 0.15) is 0 Å². The Morgan fingerprint density at radius 1 is 1.35 bits per heavy atom. The van der Waals surface area contributed by atoms with E-state index in [0.717, 1.165) is 42.4 Å². The Morgan fingerprint density at radius 2 is 2.04 bits per heavy atom. The number of amides is 1. The third-order valence-electron chi connectivity index (χ3n) is 4.79. The van der Waals surface area contributed by atoms with Crippen LogP contribution in [0.2, 0.25) is 0 Å². The van der Waals surface area contributed by atoms with Gasteiger partial charge in [0.25, 0.3) is 0 Å². The maximum Gasteiger partial charge on any atom is 0.244 e. The highest BCUT2D eigenvalue weighted by Gasteiger charge is 2.14. The molecule has 128 valence electrons. The Labute approximate surface area is 139 Å². The first-order valence-electron chi connectivity index (χ1n) is 8.66. The fourth-order valence-electron chi connectivity index (χ4n) is 3.05. The molecule has 23 heavy (non-hydrogen) atoms. The average Bonchev–Trinajstić information content (AvgIpc) is 2.76. The zero-order valence-electron chi connectivity index (χ0n) is 14.9. The van der Waals surface area contributed by atoms with Crippen molar-refractivity contribution in [3.8, 4) is 0 Å². The van der Waals surface area contributed by atoms with E-state index in [1.54, 1.807) is 6.08 Å². The standard InChI is InChI=1S/C18H30N4O/c1-14-8-12-22(13-9-14)11-5-10-19-18(23)7-6-17-15(2)20-21(4)16(17)3/h6-7,14H,5,8-13H2,1-4H3,(H,19,23). The van der Waals surface area contributed by atoms with E-state index in [1.165, 1.54) is 25.9 Å². The lowest BCUT2D eigenvalue weighted by atomic mass is 9.99. The Kier molecular flexibility index (Phi) is 6.39. The van der Waals surface area contributed by atoms with Crippen LogP contribution in [-0.2, 0) is 11.8 Å². The lowest BCUT2D eigenvalue weighted by Gasteiger charge is -2.30. The molecule has 0 bridgehead atoms. The van der Waals surface area contributed by atoms with Crippen molar-refractivity contribution in [2.24, 2.45) is 13.0 Å². The van der Waals surface area contributed by atoms with Gasteiger partial charge in [-0.3, -0.25) is 9.48 Å². The van der Waals surface area contributed by atoms with E-state index in [1.807, 2.05) is 31.7 Å². The summed E-state index contributed by atoms with van der Waals surface area (Å²) in [5.41, 5.74) is 3.06. The van der Waals surface area contributed by atoms with Gasteiger partial charge in [-0.15, -0.1) is 0 Å². The van der Waals surface area contributed by atoms with E-state index in [9.17, 15) is 4.79 Å². The maximum absolute atomic E-state index is 11.9. The van der Waals surface area contributed by atoms with Crippen molar-refractivity contribution in [3.05, 3.63) is 23.0 Å². The first kappa shape index (κ1) is 17.7. The number of aromatic nitrogens is 2. The fraction of sp³-hybridized carbons (Fsp3) is 0.667. The van der Waals surface area contributed by atoms with E-state index >= 15 is 0 Å². The Hall–Kier alpha value is -1.62. The van der Waals surface area contributed by atoms with Crippen LogP contribution >= 0.6 is 0 Å². The number of piperidine rings is 1. The van der Waals surface area contributed by atoms with Crippen molar-refractivity contribution < 1.29 is 4.79 Å². The third-order valence-corrected chi connectivity index (χ3v) is 4.79. The highest BCUT2D eigenvalue weighted by Crippen LogP contribution is 2.15. The molecule has 0 atom stereocenters. The molecule has 1 aliphatic heterocycles. The fourth-order valence-corrected chi connectivity index (χ4v) is 3.05. The number of nitrogens with zero attached hydrogens (tertiary/aromatic N) is 3. The molecule has 5 heteroatoms. The van der Waals surface area contributed by atoms with Crippen molar-refractivity contribution >= 4 is 12.0 Å². The second-order valence-electron chi connectivity index (χ2n) is 6.71. The van der Waals surface area contributed by atoms with Gasteiger partial charge >= 0.3 is 0 Å². The minimum absolute atomic E-state index is 0.0279. The SMILES string of the molecule is Cc1nn(C)c(C)c1C=CC(=O)NCCCN1CCC(C)CC1. The van der Waals surface area contributed by atoms with Crippen molar-refractivity contribution in [1.82, 2.24) is 20.0 Å². The average molecular weight is 318 g/mol. The molecule has 0 unspecified atom stereocenters. The molecule has 1 amide bonds. The molecule has 1 saturated heterocycles. The number of hydrogen-bond acceptors (Lipinski definition) is 3. The van der Waals surface area contributed by atoms with Crippen LogP contribution in [0.3, 0.4) is 0 Å². The van der Waals surface area contributed by atoms with Gasteiger partial charge in [-0.05, 0) is 64.7 Å². The molecule has 5 nitrogen and oxygen atoms in total. The van der Waals surface area contributed by atoms with Crippen LogP contribution in [0.1, 0.15) is 43.1 Å². The van der Waals surface area contributed by atoms with Crippen LogP contribution in [0, 0.1) is 19.8 Å². The van der Waals surface area contributed by atoms with Gasteiger partial charge in [-0.25, -0.2) is 0 Å². The molecule has 1 N–H and O–H groups in total. The van der Waals surface area contributed by atoms with Gasteiger partial charge in [0.15, 0.2) is 0 Å². The van der Waals surface area contributed by atoms with E-state index in [2.05, 4.69) is 22.2 Å². The summed E-state index contributed by atoms with van der Waals surface area (Å²) < 4.78 is 1.84. The number of nitrogens with one attached hydrogen (secondary N) is 1. The summed E-state index contributed by atoms with van der Waals surface area (Å²) >= 11 is 0. The second kappa shape index (κ2) is 8.29. The zero-order valence-corrected chi connectivity index (χ0v) is 14.9. The van der Waals surface area contributed by atoms with Crippen LogP contribution in [0.25, 0.3) is 6.08 Å².